The topological polar surface area (TPSA) is 78.0 Å². The second kappa shape index (κ2) is 6.25. The molecule has 0 heterocycles. The molecule has 1 rings (SSSR count). The van der Waals surface area contributed by atoms with E-state index >= 15 is 0 Å². The van der Waals surface area contributed by atoms with Crippen molar-refractivity contribution in [3.05, 3.63) is 25.1 Å². The largest absolute Gasteiger partial charge is 0.770 e. The number of rotatable bonds is 2. The third-order valence-corrected chi connectivity index (χ3v) is 3.98. The predicted molar refractivity (Wildman–Crippen MR) is 64.4 cm³/mol. The molecule has 0 aromatic heterocycles. The molecule has 0 saturated carbocycles. The summed E-state index contributed by atoms with van der Waals surface area (Å²) in [5.74, 6) is -0.260. The summed E-state index contributed by atoms with van der Waals surface area (Å²) in [6.07, 6.45) is 0. The van der Waals surface area contributed by atoms with E-state index in [1.54, 1.807) is 0 Å². The number of hydrogen-bond donors (Lipinski definition) is 1. The standard InChI is InChI=1S/C6HCl5O3Si.H2O/c7-1-2(8)4(10)6(14-15(12)13)5(11)3(1)9;/h12H;1H2. The zero-order valence-electron chi connectivity index (χ0n) is 7.15. The molecule has 4 nitrogen and oxygen atoms in total. The first-order chi connectivity index (χ1) is 6.86. The van der Waals surface area contributed by atoms with Gasteiger partial charge >= 0.3 is 9.17 Å². The molecule has 0 fully saturated rings. The van der Waals surface area contributed by atoms with Crippen LogP contribution in [-0.4, -0.2) is 19.4 Å². The van der Waals surface area contributed by atoms with Gasteiger partial charge in [0.25, 0.3) is 0 Å². The highest BCUT2D eigenvalue weighted by Crippen LogP contribution is 2.48. The van der Waals surface area contributed by atoms with Gasteiger partial charge in [-0.05, 0) is 0 Å². The molecule has 0 saturated heterocycles. The first kappa shape index (κ1) is 16.2. The maximum atomic E-state index is 10.5. The van der Waals surface area contributed by atoms with E-state index in [4.69, 9.17) is 62.8 Å². The fourth-order valence-corrected chi connectivity index (χ4v) is 2.47. The van der Waals surface area contributed by atoms with E-state index in [0.29, 0.717) is 0 Å². The SMILES string of the molecule is O.O=[Si](O)Oc1c(Cl)c(Cl)c(Cl)c(Cl)c1Cl. The van der Waals surface area contributed by atoms with Crippen LogP contribution in [0.15, 0.2) is 0 Å². The Labute approximate surface area is 117 Å². The molecule has 1 aromatic rings. The second-order valence-electron chi connectivity index (χ2n) is 2.27. The summed E-state index contributed by atoms with van der Waals surface area (Å²) in [7, 11) is -3.26. The van der Waals surface area contributed by atoms with Gasteiger partial charge in [0.05, 0.1) is 15.1 Å². The molecule has 0 spiro atoms. The van der Waals surface area contributed by atoms with Crippen LogP contribution in [0.25, 0.3) is 0 Å². The van der Waals surface area contributed by atoms with Crippen LogP contribution in [0, 0.1) is 0 Å². The molecule has 16 heavy (non-hydrogen) atoms. The number of benzene rings is 1. The molecule has 0 unspecified atom stereocenters. The Kier molecular flexibility index (Phi) is 6.35. The summed E-state index contributed by atoms with van der Waals surface area (Å²) in [5, 5.41) is -0.554. The van der Waals surface area contributed by atoms with Crippen LogP contribution in [0.3, 0.4) is 0 Å². The van der Waals surface area contributed by atoms with E-state index in [2.05, 4.69) is 4.43 Å². The van der Waals surface area contributed by atoms with E-state index < -0.39 is 9.17 Å². The van der Waals surface area contributed by atoms with Gasteiger partial charge in [-0.15, -0.1) is 0 Å². The summed E-state index contributed by atoms with van der Waals surface area (Å²) in [6.45, 7) is 0. The molecule has 0 amide bonds. The van der Waals surface area contributed by atoms with Gasteiger partial charge in [0.1, 0.15) is 10.0 Å². The average Bonchev–Trinajstić information content (AvgIpc) is 2.18. The Morgan fingerprint density at radius 1 is 0.875 bits per heavy atom. The molecule has 0 aliphatic carbocycles. The summed E-state index contributed by atoms with van der Waals surface area (Å²) in [4.78, 5) is 8.59. The summed E-state index contributed by atoms with van der Waals surface area (Å²) in [5.41, 5.74) is 0. The van der Waals surface area contributed by atoms with Gasteiger partial charge < -0.3 is 14.7 Å². The lowest BCUT2D eigenvalue weighted by molar-refractivity contribution is 0.338. The molecule has 10 heteroatoms. The lowest BCUT2D eigenvalue weighted by Crippen LogP contribution is -2.09. The summed E-state index contributed by atoms with van der Waals surface area (Å²) < 4.78 is 15.0. The lowest BCUT2D eigenvalue weighted by Gasteiger charge is -2.10. The van der Waals surface area contributed by atoms with Crippen LogP contribution >= 0.6 is 58.0 Å². The van der Waals surface area contributed by atoms with E-state index in [1.807, 2.05) is 0 Å². The first-order valence-corrected chi connectivity index (χ1v) is 6.43. The van der Waals surface area contributed by atoms with Crippen molar-refractivity contribution < 1.29 is 19.2 Å². The minimum atomic E-state index is -3.26. The van der Waals surface area contributed by atoms with Crippen molar-refractivity contribution >= 4 is 67.2 Å². The normalized spacial score (nSPS) is 9.56. The molecule has 0 atom stereocenters. The first-order valence-electron chi connectivity index (χ1n) is 3.28. The van der Waals surface area contributed by atoms with Gasteiger partial charge in [-0.2, -0.15) is 0 Å². The maximum Gasteiger partial charge on any atom is 0.770 e. The monoisotopic (exact) mass is 342 g/mol. The Morgan fingerprint density at radius 3 is 1.50 bits per heavy atom. The molecule has 0 bridgehead atoms. The number of hydrogen-bond acceptors (Lipinski definition) is 2. The molecule has 3 N–H and O–H groups in total. The van der Waals surface area contributed by atoms with Crippen molar-refractivity contribution in [3.8, 4) is 5.75 Å². The predicted octanol–water partition coefficient (Wildman–Crippen LogP) is 2.92. The van der Waals surface area contributed by atoms with Crippen LogP contribution < -0.4 is 4.43 Å². The van der Waals surface area contributed by atoms with Crippen molar-refractivity contribution in [1.29, 1.82) is 0 Å². The lowest BCUT2D eigenvalue weighted by atomic mass is 10.3. The molecule has 0 aliphatic heterocycles. The summed E-state index contributed by atoms with van der Waals surface area (Å²) >= 11 is 28.4. The van der Waals surface area contributed by atoms with E-state index in [1.165, 1.54) is 0 Å². The molecule has 90 valence electrons. The van der Waals surface area contributed by atoms with Crippen molar-refractivity contribution in [2.24, 2.45) is 0 Å². The van der Waals surface area contributed by atoms with E-state index in [-0.39, 0.29) is 36.3 Å². The minimum Gasteiger partial charge on any atom is -0.511 e. The van der Waals surface area contributed by atoms with Crippen LogP contribution in [0.2, 0.25) is 25.1 Å². The molecular formula is C6H3Cl5O4Si. The molecular weight excluding hydrogens is 341 g/mol. The Balaban J connectivity index is 0.00000225. The Morgan fingerprint density at radius 2 is 1.19 bits per heavy atom. The van der Waals surface area contributed by atoms with Crippen LogP contribution in [-0.2, 0) is 4.46 Å². The van der Waals surface area contributed by atoms with Crippen molar-refractivity contribution in [2.75, 3.05) is 0 Å². The zero-order chi connectivity index (χ0) is 11.7. The average molecular weight is 344 g/mol. The maximum absolute atomic E-state index is 10.5. The quantitative estimate of drug-likeness (QED) is 0.509. The van der Waals surface area contributed by atoms with Crippen LogP contribution in [0.1, 0.15) is 0 Å². The highest BCUT2D eigenvalue weighted by molar-refractivity contribution is 6.56. The smallest absolute Gasteiger partial charge is 0.511 e. The Hall–Kier alpha value is 0.247. The number of halogens is 5. The molecule has 0 aliphatic rings. The van der Waals surface area contributed by atoms with Crippen LogP contribution in [0.4, 0.5) is 0 Å². The van der Waals surface area contributed by atoms with Gasteiger partial charge in [0.15, 0.2) is 5.75 Å². The molecule has 1 aromatic carbocycles. The van der Waals surface area contributed by atoms with Crippen molar-refractivity contribution in [1.82, 2.24) is 0 Å². The van der Waals surface area contributed by atoms with E-state index in [9.17, 15) is 4.46 Å². The van der Waals surface area contributed by atoms with Crippen molar-refractivity contribution in [3.63, 3.8) is 0 Å². The van der Waals surface area contributed by atoms with Gasteiger partial charge in [-0.3, -0.25) is 4.46 Å². The summed E-state index contributed by atoms with van der Waals surface area (Å²) in [6, 6.07) is 0. The zero-order valence-corrected chi connectivity index (χ0v) is 11.9. The minimum absolute atomic E-state index is 0. The van der Waals surface area contributed by atoms with Gasteiger partial charge in [0, 0.05) is 0 Å². The van der Waals surface area contributed by atoms with Gasteiger partial charge in [0.2, 0.25) is 0 Å². The highest BCUT2D eigenvalue weighted by atomic mass is 35.5. The van der Waals surface area contributed by atoms with Crippen LogP contribution in [0.5, 0.6) is 5.75 Å². The van der Waals surface area contributed by atoms with E-state index in [0.717, 1.165) is 0 Å². The highest BCUT2D eigenvalue weighted by Gasteiger charge is 2.23. The Bertz CT molecular complexity index is 408. The van der Waals surface area contributed by atoms with Crippen molar-refractivity contribution in [2.45, 2.75) is 0 Å². The van der Waals surface area contributed by atoms with Gasteiger partial charge in [-0.25, -0.2) is 0 Å². The third kappa shape index (κ3) is 3.13. The second-order valence-corrected chi connectivity index (χ2v) is 4.89. The molecule has 0 radical (unpaired) electrons. The fourth-order valence-electron chi connectivity index (χ4n) is 0.762. The third-order valence-electron chi connectivity index (χ3n) is 1.36. The van der Waals surface area contributed by atoms with Gasteiger partial charge in [-0.1, -0.05) is 58.0 Å². The fraction of sp³-hybridized carbons (Fsp3) is 0.